The summed E-state index contributed by atoms with van der Waals surface area (Å²) in [4.78, 5) is 15.4. The molecular formula is C30H23ClF3NO2. The van der Waals surface area contributed by atoms with Crippen molar-refractivity contribution < 1.29 is 22.7 Å². The molecule has 0 saturated carbocycles. The predicted molar refractivity (Wildman–Crippen MR) is 138 cm³/mol. The molecule has 4 aromatic rings. The number of halogens is 4. The van der Waals surface area contributed by atoms with Gasteiger partial charge in [-0.2, -0.15) is 13.2 Å². The van der Waals surface area contributed by atoms with Crippen LogP contribution in [-0.4, -0.2) is 17.4 Å². The lowest BCUT2D eigenvalue weighted by Gasteiger charge is -2.29. The summed E-state index contributed by atoms with van der Waals surface area (Å²) in [6, 6.07) is 25.0. The summed E-state index contributed by atoms with van der Waals surface area (Å²) in [5, 5.41) is 0.719. The van der Waals surface area contributed by atoms with Gasteiger partial charge < -0.3 is 4.74 Å². The third-order valence-corrected chi connectivity index (χ3v) is 6.72. The zero-order valence-electron chi connectivity index (χ0n) is 19.8. The van der Waals surface area contributed by atoms with Crippen LogP contribution in [-0.2, 0) is 25.7 Å². The molecule has 0 amide bonds. The highest BCUT2D eigenvalue weighted by Crippen LogP contribution is 2.32. The fourth-order valence-electron chi connectivity index (χ4n) is 4.55. The van der Waals surface area contributed by atoms with Crippen LogP contribution in [0, 0.1) is 0 Å². The van der Waals surface area contributed by atoms with Crippen LogP contribution in [0.15, 0.2) is 91.0 Å². The summed E-state index contributed by atoms with van der Waals surface area (Å²) in [6.07, 6.45) is -3.59. The van der Waals surface area contributed by atoms with Gasteiger partial charge in [0.25, 0.3) is 0 Å². The number of hydrogen-bond donors (Lipinski definition) is 0. The van der Waals surface area contributed by atoms with E-state index in [1.54, 1.807) is 30.3 Å². The Kier molecular flexibility index (Phi) is 7.04. The highest BCUT2D eigenvalue weighted by atomic mass is 35.5. The van der Waals surface area contributed by atoms with Crippen molar-refractivity contribution in [3.05, 3.63) is 124 Å². The first-order valence-corrected chi connectivity index (χ1v) is 12.2. The minimum Gasteiger partial charge on any atom is -0.423 e. The summed E-state index contributed by atoms with van der Waals surface area (Å²) >= 11 is 5.98. The number of esters is 1. The summed E-state index contributed by atoms with van der Waals surface area (Å²) in [6.45, 7) is 2.50. The summed E-state index contributed by atoms with van der Waals surface area (Å²) in [7, 11) is 0. The van der Waals surface area contributed by atoms with Crippen molar-refractivity contribution in [2.75, 3.05) is 6.54 Å². The van der Waals surface area contributed by atoms with Crippen molar-refractivity contribution in [2.24, 2.45) is 0 Å². The van der Waals surface area contributed by atoms with Crippen LogP contribution in [0.5, 0.6) is 5.75 Å². The molecule has 0 radical (unpaired) electrons. The maximum Gasteiger partial charge on any atom is 0.416 e. The van der Waals surface area contributed by atoms with Gasteiger partial charge in [0.2, 0.25) is 0 Å². The molecule has 0 fully saturated rings. The van der Waals surface area contributed by atoms with Gasteiger partial charge in [-0.3, -0.25) is 4.90 Å². The zero-order valence-corrected chi connectivity index (χ0v) is 20.5. The highest BCUT2D eigenvalue weighted by molar-refractivity contribution is 6.30. The first-order chi connectivity index (χ1) is 17.8. The Morgan fingerprint density at radius 1 is 0.892 bits per heavy atom. The van der Waals surface area contributed by atoms with Gasteiger partial charge in [0.15, 0.2) is 0 Å². The van der Waals surface area contributed by atoms with E-state index in [2.05, 4.69) is 4.90 Å². The number of rotatable bonds is 5. The molecule has 0 aromatic heterocycles. The standard InChI is InChI=1S/C30H23ClF3NO2/c31-25-12-5-20(6-13-25)18-35-16-15-22-17-26(14-9-23(22)19-35)37-29(36)28-4-2-1-3-27(28)21-7-10-24(11-8-21)30(32,33)34/h1-14,17H,15-16,18-19H2. The number of ether oxygens (including phenoxy) is 1. The molecule has 1 aliphatic heterocycles. The number of fused-ring (bicyclic) bond motifs is 1. The molecular weight excluding hydrogens is 499 g/mol. The number of nitrogens with zero attached hydrogens (tertiary/aromatic N) is 1. The van der Waals surface area contributed by atoms with Crippen molar-refractivity contribution >= 4 is 17.6 Å². The second kappa shape index (κ2) is 10.4. The Bertz CT molecular complexity index is 1420. The Labute approximate surface area is 218 Å². The molecule has 5 rings (SSSR count). The third-order valence-electron chi connectivity index (χ3n) is 6.47. The Hall–Kier alpha value is -3.61. The van der Waals surface area contributed by atoms with Crippen LogP contribution >= 0.6 is 11.6 Å². The maximum atomic E-state index is 13.1. The van der Waals surface area contributed by atoms with E-state index in [0.717, 1.165) is 48.8 Å². The second-order valence-electron chi connectivity index (χ2n) is 9.03. The average molecular weight is 522 g/mol. The lowest BCUT2D eigenvalue weighted by atomic mass is 9.98. The Morgan fingerprint density at radius 3 is 2.35 bits per heavy atom. The summed E-state index contributed by atoms with van der Waals surface area (Å²) in [5.41, 5.74) is 4.08. The SMILES string of the molecule is O=C(Oc1ccc2c(c1)CCN(Cc1ccc(Cl)cc1)C2)c1ccccc1-c1ccc(C(F)(F)F)cc1. The first-order valence-electron chi connectivity index (χ1n) is 11.8. The molecule has 1 aliphatic rings. The van der Waals surface area contributed by atoms with E-state index >= 15 is 0 Å². The second-order valence-corrected chi connectivity index (χ2v) is 9.46. The van der Waals surface area contributed by atoms with Gasteiger partial charge in [-0.15, -0.1) is 0 Å². The van der Waals surface area contributed by atoms with E-state index in [4.69, 9.17) is 16.3 Å². The molecule has 0 bridgehead atoms. The molecule has 0 N–H and O–H groups in total. The van der Waals surface area contributed by atoms with E-state index in [9.17, 15) is 18.0 Å². The van der Waals surface area contributed by atoms with Crippen molar-refractivity contribution in [1.82, 2.24) is 4.90 Å². The largest absolute Gasteiger partial charge is 0.423 e. The molecule has 0 saturated heterocycles. The zero-order chi connectivity index (χ0) is 26.0. The van der Waals surface area contributed by atoms with E-state index in [0.29, 0.717) is 16.9 Å². The lowest BCUT2D eigenvalue weighted by Crippen LogP contribution is -2.30. The van der Waals surface area contributed by atoms with Crippen LogP contribution in [0.3, 0.4) is 0 Å². The van der Waals surface area contributed by atoms with Crippen molar-refractivity contribution in [3.8, 4) is 16.9 Å². The maximum absolute atomic E-state index is 13.1. The van der Waals surface area contributed by atoms with Crippen molar-refractivity contribution in [1.29, 1.82) is 0 Å². The van der Waals surface area contributed by atoms with Crippen molar-refractivity contribution in [2.45, 2.75) is 25.7 Å². The molecule has 0 aliphatic carbocycles. The van der Waals surface area contributed by atoms with Crippen LogP contribution in [0.4, 0.5) is 13.2 Å². The fourth-order valence-corrected chi connectivity index (χ4v) is 4.67. The summed E-state index contributed by atoms with van der Waals surface area (Å²) < 4.78 is 44.5. The van der Waals surface area contributed by atoms with Gasteiger partial charge in [0, 0.05) is 24.7 Å². The quantitative estimate of drug-likeness (QED) is 0.198. The minimum atomic E-state index is -4.42. The summed E-state index contributed by atoms with van der Waals surface area (Å²) in [5.74, 6) is -0.118. The highest BCUT2D eigenvalue weighted by Gasteiger charge is 2.30. The van der Waals surface area contributed by atoms with Gasteiger partial charge in [0.05, 0.1) is 11.1 Å². The first kappa shape index (κ1) is 25.1. The molecule has 188 valence electrons. The molecule has 4 aromatic carbocycles. The number of alkyl halides is 3. The molecule has 0 unspecified atom stereocenters. The van der Waals surface area contributed by atoms with Crippen LogP contribution in [0.25, 0.3) is 11.1 Å². The van der Waals surface area contributed by atoms with Gasteiger partial charge in [0.1, 0.15) is 5.75 Å². The monoisotopic (exact) mass is 521 g/mol. The molecule has 0 atom stereocenters. The van der Waals surface area contributed by atoms with Crippen molar-refractivity contribution in [3.63, 3.8) is 0 Å². The smallest absolute Gasteiger partial charge is 0.416 e. The molecule has 1 heterocycles. The van der Waals surface area contributed by atoms with Gasteiger partial charge in [-0.25, -0.2) is 4.79 Å². The van der Waals surface area contributed by atoms with Gasteiger partial charge in [-0.05, 0) is 76.7 Å². The Balaban J connectivity index is 1.29. The fraction of sp³-hybridized carbons (Fsp3) is 0.167. The lowest BCUT2D eigenvalue weighted by molar-refractivity contribution is -0.137. The van der Waals surface area contributed by atoms with Crippen LogP contribution < -0.4 is 4.74 Å². The minimum absolute atomic E-state index is 0.286. The number of carbonyl (C=O) groups excluding carboxylic acids is 1. The molecule has 37 heavy (non-hydrogen) atoms. The van der Waals surface area contributed by atoms with E-state index in [-0.39, 0.29) is 5.56 Å². The van der Waals surface area contributed by atoms with E-state index < -0.39 is 17.7 Å². The van der Waals surface area contributed by atoms with Gasteiger partial charge in [-0.1, -0.05) is 60.1 Å². The normalized spacial score (nSPS) is 13.7. The average Bonchev–Trinajstić information content (AvgIpc) is 2.89. The number of benzene rings is 4. The van der Waals surface area contributed by atoms with Gasteiger partial charge >= 0.3 is 12.1 Å². The van der Waals surface area contributed by atoms with E-state index in [1.807, 2.05) is 36.4 Å². The van der Waals surface area contributed by atoms with Crippen LogP contribution in [0.2, 0.25) is 5.02 Å². The topological polar surface area (TPSA) is 29.5 Å². The Morgan fingerprint density at radius 2 is 1.62 bits per heavy atom. The number of carbonyl (C=O) groups is 1. The predicted octanol–water partition coefficient (Wildman–Crippen LogP) is 7.80. The third kappa shape index (κ3) is 5.87. The molecule has 7 heteroatoms. The number of hydrogen-bond acceptors (Lipinski definition) is 3. The van der Waals surface area contributed by atoms with Crippen LogP contribution in [0.1, 0.15) is 32.6 Å². The molecule has 0 spiro atoms. The molecule has 3 nitrogen and oxygen atoms in total. The van der Waals surface area contributed by atoms with E-state index in [1.165, 1.54) is 23.3 Å².